The number of anilines is 1. The number of phenols is 1. The van der Waals surface area contributed by atoms with Crippen molar-refractivity contribution >= 4 is 15.7 Å². The molecule has 0 spiro atoms. The molecule has 1 saturated heterocycles. The van der Waals surface area contributed by atoms with Gasteiger partial charge in [-0.05, 0) is 55.2 Å². The van der Waals surface area contributed by atoms with Crippen LogP contribution in [0.4, 0.5) is 5.69 Å². The number of likely N-dealkylation sites (tertiary alicyclic amines) is 1. The minimum atomic E-state index is -3.68. The predicted molar refractivity (Wildman–Crippen MR) is 128 cm³/mol. The van der Waals surface area contributed by atoms with Gasteiger partial charge in [0, 0.05) is 31.2 Å². The smallest absolute Gasteiger partial charge is 0.264 e. The van der Waals surface area contributed by atoms with E-state index < -0.39 is 10.0 Å². The van der Waals surface area contributed by atoms with Crippen LogP contribution in [0.2, 0.25) is 0 Å². The Hall–Kier alpha value is -2.83. The van der Waals surface area contributed by atoms with Crippen LogP contribution in [0.3, 0.4) is 0 Å². The molecule has 3 aromatic rings. The van der Waals surface area contributed by atoms with Gasteiger partial charge in [-0.1, -0.05) is 55.5 Å². The van der Waals surface area contributed by atoms with Crippen molar-refractivity contribution in [1.82, 2.24) is 4.90 Å². The van der Waals surface area contributed by atoms with Gasteiger partial charge in [0.25, 0.3) is 10.0 Å². The van der Waals surface area contributed by atoms with E-state index in [0.29, 0.717) is 22.9 Å². The van der Waals surface area contributed by atoms with E-state index in [1.54, 1.807) is 34.6 Å². The van der Waals surface area contributed by atoms with Gasteiger partial charge in [-0.2, -0.15) is 0 Å². The van der Waals surface area contributed by atoms with Crippen LogP contribution in [-0.2, 0) is 23.0 Å². The van der Waals surface area contributed by atoms with Crippen molar-refractivity contribution in [2.45, 2.75) is 43.7 Å². The number of aryl methyl sites for hydroxylation is 1. The van der Waals surface area contributed by atoms with Crippen LogP contribution in [-0.4, -0.2) is 37.6 Å². The number of hydrogen-bond donors (Lipinski definition) is 1. The van der Waals surface area contributed by atoms with Gasteiger partial charge < -0.3 is 5.11 Å². The Kier molecular flexibility index (Phi) is 6.82. The van der Waals surface area contributed by atoms with Crippen LogP contribution >= 0.6 is 0 Å². The predicted octanol–water partition coefficient (Wildman–Crippen LogP) is 4.81. The van der Waals surface area contributed by atoms with Crippen molar-refractivity contribution < 1.29 is 13.5 Å². The second-order valence-electron chi connectivity index (χ2n) is 8.27. The highest BCUT2D eigenvalue weighted by Gasteiger charge is 2.34. The van der Waals surface area contributed by atoms with E-state index in [0.717, 1.165) is 37.9 Å². The summed E-state index contributed by atoms with van der Waals surface area (Å²) in [5.74, 6) is 0.305. The fourth-order valence-electron chi connectivity index (χ4n) is 4.33. The van der Waals surface area contributed by atoms with Gasteiger partial charge in [0.2, 0.25) is 0 Å². The Bertz CT molecular complexity index is 1120. The monoisotopic (exact) mass is 450 g/mol. The van der Waals surface area contributed by atoms with Crippen molar-refractivity contribution in [3.8, 4) is 5.75 Å². The molecule has 168 valence electrons. The molecule has 0 radical (unpaired) electrons. The van der Waals surface area contributed by atoms with Crippen LogP contribution in [0, 0.1) is 0 Å². The summed E-state index contributed by atoms with van der Waals surface area (Å²) in [6.07, 6.45) is 2.38. The first-order valence-corrected chi connectivity index (χ1v) is 12.6. The second-order valence-corrected chi connectivity index (χ2v) is 10.1. The summed E-state index contributed by atoms with van der Waals surface area (Å²) in [6, 6.07) is 23.8. The molecule has 4 rings (SSSR count). The van der Waals surface area contributed by atoms with Crippen molar-refractivity contribution in [1.29, 1.82) is 0 Å². The minimum absolute atomic E-state index is 0.117. The van der Waals surface area contributed by atoms with Gasteiger partial charge in [0.1, 0.15) is 5.75 Å². The van der Waals surface area contributed by atoms with Crippen molar-refractivity contribution in [3.63, 3.8) is 0 Å². The lowest BCUT2D eigenvalue weighted by atomic mass is 10.0. The number of nitrogens with zero attached hydrogens (tertiary/aromatic N) is 2. The lowest BCUT2D eigenvalue weighted by Crippen LogP contribution is -2.47. The maximum Gasteiger partial charge on any atom is 0.264 e. The standard InChI is InChI=1S/C26H30N2O3S/c1-2-21-12-14-23(15-13-21)28(32(30,31)25-9-4-3-5-10-25)24-16-18-27(19-17-24)20-22-8-6-7-11-26(22)29/h3-15,24,29H,2,16-20H2,1H3. The minimum Gasteiger partial charge on any atom is -0.508 e. The van der Waals surface area contributed by atoms with Gasteiger partial charge in [0.15, 0.2) is 0 Å². The zero-order valence-corrected chi connectivity index (χ0v) is 19.2. The van der Waals surface area contributed by atoms with E-state index in [-0.39, 0.29) is 6.04 Å². The highest BCUT2D eigenvalue weighted by atomic mass is 32.2. The summed E-state index contributed by atoms with van der Waals surface area (Å²) in [6.45, 7) is 4.30. The Morgan fingerprint density at radius 1 is 0.906 bits per heavy atom. The van der Waals surface area contributed by atoms with Crippen molar-refractivity contribution in [2.75, 3.05) is 17.4 Å². The molecule has 0 unspecified atom stereocenters. The topological polar surface area (TPSA) is 60.9 Å². The van der Waals surface area contributed by atoms with Crippen molar-refractivity contribution in [3.05, 3.63) is 90.0 Å². The Morgan fingerprint density at radius 2 is 1.53 bits per heavy atom. The number of para-hydroxylation sites is 1. The van der Waals surface area contributed by atoms with Crippen LogP contribution in [0.15, 0.2) is 83.8 Å². The molecule has 3 aromatic carbocycles. The van der Waals surface area contributed by atoms with E-state index in [9.17, 15) is 13.5 Å². The molecule has 1 aliphatic heterocycles. The molecule has 5 nitrogen and oxygen atoms in total. The van der Waals surface area contributed by atoms with Gasteiger partial charge in [-0.25, -0.2) is 8.42 Å². The van der Waals surface area contributed by atoms with Crippen LogP contribution in [0.5, 0.6) is 5.75 Å². The molecule has 0 atom stereocenters. The number of aromatic hydroxyl groups is 1. The molecule has 0 aliphatic carbocycles. The molecule has 1 aliphatic rings. The summed E-state index contributed by atoms with van der Waals surface area (Å²) in [7, 11) is -3.68. The molecule has 1 fully saturated rings. The van der Waals surface area contributed by atoms with Crippen LogP contribution in [0.25, 0.3) is 0 Å². The first kappa shape index (κ1) is 22.4. The molecule has 0 amide bonds. The molecule has 0 saturated carbocycles. The van der Waals surface area contributed by atoms with E-state index >= 15 is 0 Å². The van der Waals surface area contributed by atoms with E-state index in [1.165, 1.54) is 5.56 Å². The number of piperidine rings is 1. The summed E-state index contributed by atoms with van der Waals surface area (Å²) in [5.41, 5.74) is 2.79. The first-order valence-electron chi connectivity index (χ1n) is 11.2. The van der Waals surface area contributed by atoms with Gasteiger partial charge in [-0.3, -0.25) is 9.21 Å². The third-order valence-electron chi connectivity index (χ3n) is 6.17. The van der Waals surface area contributed by atoms with Crippen molar-refractivity contribution in [2.24, 2.45) is 0 Å². The number of phenolic OH excluding ortho intramolecular Hbond substituents is 1. The molecular weight excluding hydrogens is 420 g/mol. The van der Waals surface area contributed by atoms with Crippen LogP contribution in [0.1, 0.15) is 30.9 Å². The summed E-state index contributed by atoms with van der Waals surface area (Å²) >= 11 is 0. The van der Waals surface area contributed by atoms with Gasteiger partial charge in [-0.15, -0.1) is 0 Å². The first-order chi connectivity index (χ1) is 15.5. The van der Waals surface area contributed by atoms with Crippen LogP contribution < -0.4 is 4.31 Å². The highest BCUT2D eigenvalue weighted by Crippen LogP contribution is 2.31. The Balaban J connectivity index is 1.57. The maximum absolute atomic E-state index is 13.7. The number of rotatable bonds is 7. The molecule has 6 heteroatoms. The molecule has 1 heterocycles. The number of sulfonamides is 1. The fourth-order valence-corrected chi connectivity index (χ4v) is 6.06. The lowest BCUT2D eigenvalue weighted by Gasteiger charge is -2.39. The zero-order chi connectivity index (χ0) is 22.6. The molecule has 1 N–H and O–H groups in total. The average molecular weight is 451 g/mol. The van der Waals surface area contributed by atoms with Gasteiger partial charge >= 0.3 is 0 Å². The number of hydrogen-bond acceptors (Lipinski definition) is 4. The molecular formula is C26H30N2O3S. The second kappa shape index (κ2) is 9.76. The quantitative estimate of drug-likeness (QED) is 0.561. The average Bonchev–Trinajstić information content (AvgIpc) is 2.83. The molecule has 32 heavy (non-hydrogen) atoms. The largest absolute Gasteiger partial charge is 0.508 e. The lowest BCUT2D eigenvalue weighted by molar-refractivity contribution is 0.204. The highest BCUT2D eigenvalue weighted by molar-refractivity contribution is 7.92. The number of benzene rings is 3. The third kappa shape index (κ3) is 4.81. The molecule has 0 aromatic heterocycles. The summed E-state index contributed by atoms with van der Waals surface area (Å²) in [5, 5.41) is 10.1. The molecule has 0 bridgehead atoms. The normalized spacial score (nSPS) is 15.5. The van der Waals surface area contributed by atoms with E-state index in [4.69, 9.17) is 0 Å². The van der Waals surface area contributed by atoms with Gasteiger partial charge in [0.05, 0.1) is 10.6 Å². The Morgan fingerprint density at radius 3 is 2.16 bits per heavy atom. The maximum atomic E-state index is 13.7. The van der Waals surface area contributed by atoms with E-state index in [2.05, 4.69) is 11.8 Å². The summed E-state index contributed by atoms with van der Waals surface area (Å²) < 4.78 is 29.0. The zero-order valence-electron chi connectivity index (χ0n) is 18.4. The SMILES string of the molecule is CCc1ccc(N(C2CCN(Cc3ccccc3O)CC2)S(=O)(=O)c2ccccc2)cc1. The fraction of sp³-hybridized carbons (Fsp3) is 0.308. The third-order valence-corrected chi connectivity index (χ3v) is 8.07. The van der Waals surface area contributed by atoms with E-state index in [1.807, 2.05) is 48.5 Å². The Labute approximate surface area is 191 Å². The summed E-state index contributed by atoms with van der Waals surface area (Å²) in [4.78, 5) is 2.59.